The van der Waals surface area contributed by atoms with Gasteiger partial charge in [-0.05, 0) is 36.5 Å². The van der Waals surface area contributed by atoms with Crippen molar-refractivity contribution in [3.63, 3.8) is 0 Å². The summed E-state index contributed by atoms with van der Waals surface area (Å²) >= 11 is 0. The highest BCUT2D eigenvalue weighted by molar-refractivity contribution is 5.95. The third-order valence-corrected chi connectivity index (χ3v) is 5.00. The molecule has 0 aliphatic heterocycles. The van der Waals surface area contributed by atoms with E-state index in [0.29, 0.717) is 33.5 Å². The number of hydrogen-bond donors (Lipinski definition) is 1. The molecule has 0 unspecified atom stereocenters. The van der Waals surface area contributed by atoms with Crippen molar-refractivity contribution in [2.75, 3.05) is 7.11 Å². The minimum atomic E-state index is -0.943. The summed E-state index contributed by atoms with van der Waals surface area (Å²) in [4.78, 5) is 20.0. The quantitative estimate of drug-likeness (QED) is 0.753. The minimum absolute atomic E-state index is 0.235. The topological polar surface area (TPSA) is 72.3 Å². The molecule has 0 atom stereocenters. The fraction of sp³-hybridized carbons (Fsp3) is 0.250. The maximum Gasteiger partial charge on any atom is 0.335 e. The molecule has 1 heterocycles. The number of methoxy groups -OCH3 is 1. The lowest BCUT2D eigenvalue weighted by Crippen LogP contribution is -2.14. The van der Waals surface area contributed by atoms with Crippen molar-refractivity contribution >= 4 is 16.9 Å². The Hall–Kier alpha value is -3.02. The van der Waals surface area contributed by atoms with Crippen molar-refractivity contribution in [1.82, 2.24) is 9.97 Å². The van der Waals surface area contributed by atoms with E-state index in [-0.39, 0.29) is 5.92 Å². The Morgan fingerprint density at radius 3 is 2.69 bits per heavy atom. The van der Waals surface area contributed by atoms with Crippen molar-refractivity contribution in [1.29, 1.82) is 0 Å². The van der Waals surface area contributed by atoms with Crippen LogP contribution in [-0.4, -0.2) is 28.2 Å². The summed E-state index contributed by atoms with van der Waals surface area (Å²) in [6.07, 6.45) is 4.42. The average molecular weight is 352 g/mol. The lowest BCUT2D eigenvalue weighted by atomic mass is 9.77. The van der Waals surface area contributed by atoms with Crippen LogP contribution in [0.1, 0.15) is 41.1 Å². The fourth-order valence-corrected chi connectivity index (χ4v) is 3.42. The van der Waals surface area contributed by atoms with Gasteiger partial charge in [-0.2, -0.15) is 0 Å². The Balaban J connectivity index is 1.91. The van der Waals surface area contributed by atoms with Crippen LogP contribution in [0.3, 0.4) is 0 Å². The van der Waals surface area contributed by atoms with Gasteiger partial charge in [0.25, 0.3) is 0 Å². The molecule has 1 aromatic heterocycles. The molecule has 5 nitrogen and oxygen atoms in total. The smallest absolute Gasteiger partial charge is 0.335 e. The van der Waals surface area contributed by atoms with Crippen LogP contribution in [0.4, 0.5) is 4.39 Å². The van der Waals surface area contributed by atoms with Gasteiger partial charge in [0.15, 0.2) is 0 Å². The number of carboxylic acid groups (broad SMARTS) is 1. The first-order valence-corrected chi connectivity index (χ1v) is 8.44. The van der Waals surface area contributed by atoms with E-state index in [4.69, 9.17) is 4.74 Å². The van der Waals surface area contributed by atoms with Gasteiger partial charge in [-0.15, -0.1) is 0 Å². The SMILES string of the molecule is COc1cc(F)c2c(-c3ccc(C(=O)O)c(C4CCC4)c3)ncnc2c1. The molecule has 0 spiro atoms. The molecule has 26 heavy (non-hydrogen) atoms. The first-order valence-electron chi connectivity index (χ1n) is 8.44. The van der Waals surface area contributed by atoms with E-state index in [2.05, 4.69) is 9.97 Å². The molecule has 0 bridgehead atoms. The van der Waals surface area contributed by atoms with Crippen LogP contribution in [0.5, 0.6) is 5.75 Å². The number of hydrogen-bond acceptors (Lipinski definition) is 4. The molecule has 4 rings (SSSR count). The second kappa shape index (κ2) is 6.37. The molecule has 1 fully saturated rings. The first-order chi connectivity index (χ1) is 12.6. The maximum atomic E-state index is 14.7. The Kier molecular flexibility index (Phi) is 4.03. The number of aromatic nitrogens is 2. The number of carbonyl (C=O) groups is 1. The highest BCUT2D eigenvalue weighted by Crippen LogP contribution is 2.40. The van der Waals surface area contributed by atoms with E-state index in [9.17, 15) is 14.3 Å². The monoisotopic (exact) mass is 352 g/mol. The Morgan fingerprint density at radius 2 is 2.04 bits per heavy atom. The molecule has 0 saturated heterocycles. The van der Waals surface area contributed by atoms with Gasteiger partial charge in [-0.1, -0.05) is 12.5 Å². The summed E-state index contributed by atoms with van der Waals surface area (Å²) in [6.45, 7) is 0. The van der Waals surface area contributed by atoms with Crippen LogP contribution < -0.4 is 4.74 Å². The van der Waals surface area contributed by atoms with Crippen molar-refractivity contribution in [3.05, 3.63) is 53.6 Å². The van der Waals surface area contributed by atoms with Crippen LogP contribution in [0.2, 0.25) is 0 Å². The third kappa shape index (κ3) is 2.67. The lowest BCUT2D eigenvalue weighted by Gasteiger charge is -2.27. The van der Waals surface area contributed by atoms with Crippen LogP contribution in [0.15, 0.2) is 36.7 Å². The second-order valence-corrected chi connectivity index (χ2v) is 6.46. The average Bonchev–Trinajstić information content (AvgIpc) is 2.59. The van der Waals surface area contributed by atoms with Crippen LogP contribution in [0.25, 0.3) is 22.2 Å². The fourth-order valence-electron chi connectivity index (χ4n) is 3.42. The van der Waals surface area contributed by atoms with Gasteiger partial charge in [0.1, 0.15) is 17.9 Å². The Bertz CT molecular complexity index is 1020. The first kappa shape index (κ1) is 16.4. The Morgan fingerprint density at radius 1 is 1.23 bits per heavy atom. The highest BCUT2D eigenvalue weighted by atomic mass is 19.1. The van der Waals surface area contributed by atoms with Gasteiger partial charge in [-0.3, -0.25) is 0 Å². The van der Waals surface area contributed by atoms with Crippen LogP contribution in [0, 0.1) is 5.82 Å². The van der Waals surface area contributed by atoms with E-state index in [1.165, 1.54) is 19.5 Å². The molecule has 1 saturated carbocycles. The van der Waals surface area contributed by atoms with Crippen molar-refractivity contribution in [2.45, 2.75) is 25.2 Å². The van der Waals surface area contributed by atoms with Crippen LogP contribution in [-0.2, 0) is 0 Å². The summed E-state index contributed by atoms with van der Waals surface area (Å²) in [5.41, 5.74) is 2.68. The third-order valence-electron chi connectivity index (χ3n) is 5.00. The van der Waals surface area contributed by atoms with E-state index >= 15 is 0 Å². The number of rotatable bonds is 4. The Labute approximate surface area is 149 Å². The number of benzene rings is 2. The molecular weight excluding hydrogens is 335 g/mol. The minimum Gasteiger partial charge on any atom is -0.497 e. The second-order valence-electron chi connectivity index (χ2n) is 6.46. The lowest BCUT2D eigenvalue weighted by molar-refractivity contribution is 0.0694. The van der Waals surface area contributed by atoms with Crippen molar-refractivity contribution in [3.8, 4) is 17.0 Å². The van der Waals surface area contributed by atoms with Gasteiger partial charge in [0.05, 0.1) is 29.3 Å². The largest absolute Gasteiger partial charge is 0.497 e. The molecule has 132 valence electrons. The molecule has 3 aromatic rings. The zero-order valence-corrected chi connectivity index (χ0v) is 14.2. The van der Waals surface area contributed by atoms with E-state index in [1.807, 2.05) is 6.07 Å². The number of halogens is 1. The van der Waals surface area contributed by atoms with Gasteiger partial charge in [0.2, 0.25) is 0 Å². The van der Waals surface area contributed by atoms with Gasteiger partial charge in [-0.25, -0.2) is 19.2 Å². The summed E-state index contributed by atoms with van der Waals surface area (Å²) < 4.78 is 19.8. The predicted octanol–water partition coefficient (Wildman–Crippen LogP) is 4.41. The summed E-state index contributed by atoms with van der Waals surface area (Å²) in [7, 11) is 1.47. The zero-order chi connectivity index (χ0) is 18.3. The number of carboxylic acids is 1. The van der Waals surface area contributed by atoms with Crippen LogP contribution >= 0.6 is 0 Å². The standard InChI is InChI=1S/C20H17FN2O3/c1-26-13-8-16(21)18-17(9-13)22-10-23-19(18)12-5-6-14(20(24)25)15(7-12)11-3-2-4-11/h5-11H,2-4H2,1H3,(H,24,25). The van der Waals surface area contributed by atoms with Crippen molar-refractivity contribution < 1.29 is 19.0 Å². The summed E-state index contributed by atoms with van der Waals surface area (Å²) in [5, 5.41) is 9.77. The zero-order valence-electron chi connectivity index (χ0n) is 14.2. The number of ether oxygens (including phenoxy) is 1. The molecule has 1 aliphatic carbocycles. The summed E-state index contributed by atoms with van der Waals surface area (Å²) in [6, 6.07) is 8.05. The normalized spacial score (nSPS) is 14.2. The molecule has 1 aliphatic rings. The molecular formula is C20H17FN2O3. The van der Waals surface area contributed by atoms with E-state index < -0.39 is 11.8 Å². The number of fused-ring (bicyclic) bond motifs is 1. The van der Waals surface area contributed by atoms with Gasteiger partial charge < -0.3 is 9.84 Å². The predicted molar refractivity (Wildman–Crippen MR) is 95.0 cm³/mol. The molecule has 2 aromatic carbocycles. The molecule has 0 radical (unpaired) electrons. The van der Waals surface area contributed by atoms with Gasteiger partial charge in [0, 0.05) is 17.7 Å². The highest BCUT2D eigenvalue weighted by Gasteiger charge is 2.25. The number of nitrogens with zero attached hydrogens (tertiary/aromatic N) is 2. The maximum absolute atomic E-state index is 14.7. The van der Waals surface area contributed by atoms with Crippen molar-refractivity contribution in [2.24, 2.45) is 0 Å². The molecule has 0 amide bonds. The number of aromatic carboxylic acids is 1. The van der Waals surface area contributed by atoms with E-state index in [0.717, 1.165) is 24.8 Å². The molecule has 6 heteroatoms. The summed E-state index contributed by atoms with van der Waals surface area (Å²) in [5.74, 6) is -0.792. The van der Waals surface area contributed by atoms with Gasteiger partial charge >= 0.3 is 5.97 Å². The molecule has 1 N–H and O–H groups in total. The van der Waals surface area contributed by atoms with E-state index in [1.54, 1.807) is 18.2 Å².